The van der Waals surface area contributed by atoms with E-state index in [4.69, 9.17) is 0 Å². The van der Waals surface area contributed by atoms with Crippen LogP contribution in [0.4, 0.5) is 5.13 Å². The fourth-order valence-electron chi connectivity index (χ4n) is 2.31. The number of amides is 1. The third kappa shape index (κ3) is 4.02. The Bertz CT molecular complexity index is 785. The lowest BCUT2D eigenvalue weighted by molar-refractivity contribution is -0.116. The molecule has 2 heterocycles. The third-order valence-electron chi connectivity index (χ3n) is 3.48. The number of anilines is 1. The van der Waals surface area contributed by atoms with Crippen LogP contribution in [-0.4, -0.2) is 15.9 Å². The van der Waals surface area contributed by atoms with Gasteiger partial charge < -0.3 is 5.32 Å². The lowest BCUT2D eigenvalue weighted by Gasteiger charge is -2.02. The van der Waals surface area contributed by atoms with Crippen molar-refractivity contribution in [2.24, 2.45) is 0 Å². The summed E-state index contributed by atoms with van der Waals surface area (Å²) in [5.41, 5.74) is 3.07. The quantitative estimate of drug-likeness (QED) is 0.769. The summed E-state index contributed by atoms with van der Waals surface area (Å²) in [6.07, 6.45) is 4.67. The summed E-state index contributed by atoms with van der Waals surface area (Å²) in [6, 6.07) is 13.8. The van der Waals surface area contributed by atoms with Crippen LogP contribution in [0.25, 0.3) is 11.3 Å². The van der Waals surface area contributed by atoms with E-state index in [0.717, 1.165) is 28.1 Å². The van der Waals surface area contributed by atoms with E-state index in [9.17, 15) is 4.79 Å². The van der Waals surface area contributed by atoms with Gasteiger partial charge in [0.1, 0.15) is 0 Å². The van der Waals surface area contributed by atoms with Gasteiger partial charge >= 0.3 is 0 Å². The standard InChI is InChI=1S/C18H17N3OS/c1-13-17(15-9-11-19-12-10-15)21-18(23-13)20-16(22)8-7-14-5-3-2-4-6-14/h2-6,9-12H,7-8H2,1H3,(H,20,21,22). The highest BCUT2D eigenvalue weighted by Crippen LogP contribution is 2.29. The lowest BCUT2D eigenvalue weighted by atomic mass is 10.1. The molecule has 2 aromatic heterocycles. The van der Waals surface area contributed by atoms with Gasteiger partial charge in [-0.2, -0.15) is 0 Å². The molecule has 3 aromatic rings. The number of hydrogen-bond acceptors (Lipinski definition) is 4. The molecule has 116 valence electrons. The van der Waals surface area contributed by atoms with Crippen LogP contribution in [0.2, 0.25) is 0 Å². The first-order chi connectivity index (χ1) is 11.2. The van der Waals surface area contributed by atoms with Gasteiger partial charge in [-0.1, -0.05) is 30.3 Å². The number of hydrogen-bond donors (Lipinski definition) is 1. The fourth-order valence-corrected chi connectivity index (χ4v) is 3.16. The van der Waals surface area contributed by atoms with Crippen molar-refractivity contribution in [3.8, 4) is 11.3 Å². The average Bonchev–Trinajstić information content (AvgIpc) is 2.95. The highest BCUT2D eigenvalue weighted by atomic mass is 32.1. The summed E-state index contributed by atoms with van der Waals surface area (Å²) in [6.45, 7) is 2.01. The van der Waals surface area contributed by atoms with Crippen LogP contribution in [0.3, 0.4) is 0 Å². The first kappa shape index (κ1) is 15.4. The first-order valence-corrected chi connectivity index (χ1v) is 8.25. The molecular weight excluding hydrogens is 306 g/mol. The van der Waals surface area contributed by atoms with Crippen LogP contribution >= 0.6 is 11.3 Å². The Morgan fingerprint density at radius 3 is 2.61 bits per heavy atom. The van der Waals surface area contributed by atoms with Crippen molar-refractivity contribution in [1.82, 2.24) is 9.97 Å². The summed E-state index contributed by atoms with van der Waals surface area (Å²) in [4.78, 5) is 21.7. The minimum absolute atomic E-state index is 0.0103. The van der Waals surface area contributed by atoms with E-state index in [0.29, 0.717) is 11.6 Å². The second kappa shape index (κ2) is 7.15. The smallest absolute Gasteiger partial charge is 0.226 e. The van der Waals surface area contributed by atoms with Gasteiger partial charge in [0.2, 0.25) is 5.91 Å². The van der Waals surface area contributed by atoms with Crippen LogP contribution in [0.1, 0.15) is 16.9 Å². The van der Waals surface area contributed by atoms with E-state index in [1.54, 1.807) is 12.4 Å². The molecule has 0 aliphatic rings. The predicted molar refractivity (Wildman–Crippen MR) is 93.5 cm³/mol. The number of nitrogens with zero attached hydrogens (tertiary/aromatic N) is 2. The van der Waals surface area contributed by atoms with Crippen LogP contribution in [0.15, 0.2) is 54.9 Å². The Morgan fingerprint density at radius 1 is 1.13 bits per heavy atom. The molecule has 0 saturated carbocycles. The zero-order chi connectivity index (χ0) is 16.1. The Balaban J connectivity index is 1.63. The fraction of sp³-hybridized carbons (Fsp3) is 0.167. The molecule has 1 N–H and O–H groups in total. The van der Waals surface area contributed by atoms with Gasteiger partial charge in [0, 0.05) is 29.3 Å². The van der Waals surface area contributed by atoms with Crippen LogP contribution in [0, 0.1) is 6.92 Å². The molecule has 4 nitrogen and oxygen atoms in total. The molecule has 0 atom stereocenters. The van der Waals surface area contributed by atoms with Gasteiger partial charge in [0.25, 0.3) is 0 Å². The minimum atomic E-state index is -0.0103. The molecule has 0 aliphatic carbocycles. The van der Waals surface area contributed by atoms with E-state index < -0.39 is 0 Å². The van der Waals surface area contributed by atoms with Crippen molar-refractivity contribution in [2.45, 2.75) is 19.8 Å². The van der Waals surface area contributed by atoms with Gasteiger partial charge in [-0.05, 0) is 31.0 Å². The maximum Gasteiger partial charge on any atom is 0.226 e. The topological polar surface area (TPSA) is 54.9 Å². The zero-order valence-electron chi connectivity index (χ0n) is 12.8. The van der Waals surface area contributed by atoms with E-state index >= 15 is 0 Å². The van der Waals surface area contributed by atoms with Crippen LogP contribution in [0.5, 0.6) is 0 Å². The summed E-state index contributed by atoms with van der Waals surface area (Å²) < 4.78 is 0. The maximum atomic E-state index is 12.1. The number of carbonyl (C=O) groups is 1. The van der Waals surface area contributed by atoms with Crippen molar-refractivity contribution in [3.05, 3.63) is 65.3 Å². The monoisotopic (exact) mass is 323 g/mol. The van der Waals surface area contributed by atoms with Crippen molar-refractivity contribution in [1.29, 1.82) is 0 Å². The molecule has 23 heavy (non-hydrogen) atoms. The molecule has 0 radical (unpaired) electrons. The van der Waals surface area contributed by atoms with Crippen LogP contribution in [-0.2, 0) is 11.2 Å². The van der Waals surface area contributed by atoms with Crippen molar-refractivity contribution < 1.29 is 4.79 Å². The van der Waals surface area contributed by atoms with Gasteiger partial charge in [-0.3, -0.25) is 9.78 Å². The minimum Gasteiger partial charge on any atom is -0.302 e. The molecule has 0 fully saturated rings. The van der Waals surface area contributed by atoms with Crippen molar-refractivity contribution in [3.63, 3.8) is 0 Å². The summed E-state index contributed by atoms with van der Waals surface area (Å²) in [5.74, 6) is -0.0103. The number of benzene rings is 1. The van der Waals surface area contributed by atoms with Gasteiger partial charge in [-0.15, -0.1) is 11.3 Å². The second-order valence-corrected chi connectivity index (χ2v) is 6.40. The third-order valence-corrected chi connectivity index (χ3v) is 4.37. The largest absolute Gasteiger partial charge is 0.302 e. The number of carbonyl (C=O) groups excluding carboxylic acids is 1. The molecular formula is C18H17N3OS. The second-order valence-electron chi connectivity index (χ2n) is 5.19. The molecule has 0 unspecified atom stereocenters. The Hall–Kier alpha value is -2.53. The van der Waals surface area contributed by atoms with E-state index in [2.05, 4.69) is 15.3 Å². The highest BCUT2D eigenvalue weighted by molar-refractivity contribution is 7.16. The Morgan fingerprint density at radius 2 is 1.87 bits per heavy atom. The molecule has 0 spiro atoms. The Kier molecular flexibility index (Phi) is 4.78. The zero-order valence-corrected chi connectivity index (χ0v) is 13.6. The van der Waals surface area contributed by atoms with E-state index in [-0.39, 0.29) is 5.91 Å². The lowest BCUT2D eigenvalue weighted by Crippen LogP contribution is -2.12. The normalized spacial score (nSPS) is 10.5. The number of nitrogens with one attached hydrogen (secondary N) is 1. The molecule has 0 aliphatic heterocycles. The number of thiazole rings is 1. The van der Waals surface area contributed by atoms with Gasteiger partial charge in [-0.25, -0.2) is 4.98 Å². The molecule has 1 amide bonds. The van der Waals surface area contributed by atoms with Gasteiger partial charge in [0.15, 0.2) is 5.13 Å². The molecule has 0 saturated heterocycles. The number of pyridine rings is 1. The summed E-state index contributed by atoms with van der Waals surface area (Å²) >= 11 is 1.50. The maximum absolute atomic E-state index is 12.1. The molecule has 1 aromatic carbocycles. The number of aromatic nitrogens is 2. The van der Waals surface area contributed by atoms with E-state index in [1.807, 2.05) is 49.4 Å². The summed E-state index contributed by atoms with van der Waals surface area (Å²) in [5, 5.41) is 3.54. The first-order valence-electron chi connectivity index (χ1n) is 7.44. The SMILES string of the molecule is Cc1sc(NC(=O)CCc2ccccc2)nc1-c1ccncc1. The number of aryl methyl sites for hydroxylation is 2. The highest BCUT2D eigenvalue weighted by Gasteiger charge is 2.12. The predicted octanol–water partition coefficient (Wildman–Crippen LogP) is 4.08. The Labute approximate surface area is 139 Å². The molecule has 3 rings (SSSR count). The van der Waals surface area contributed by atoms with Crippen molar-refractivity contribution in [2.75, 3.05) is 5.32 Å². The molecule has 5 heteroatoms. The summed E-state index contributed by atoms with van der Waals surface area (Å²) in [7, 11) is 0. The van der Waals surface area contributed by atoms with Gasteiger partial charge in [0.05, 0.1) is 5.69 Å². The van der Waals surface area contributed by atoms with Crippen molar-refractivity contribution >= 4 is 22.4 Å². The molecule has 0 bridgehead atoms. The number of rotatable bonds is 5. The van der Waals surface area contributed by atoms with Crippen LogP contribution < -0.4 is 5.32 Å². The van der Waals surface area contributed by atoms with E-state index in [1.165, 1.54) is 11.3 Å². The average molecular weight is 323 g/mol.